The van der Waals surface area contributed by atoms with Crippen LogP contribution in [0.25, 0.3) is 0 Å². The number of halogens is 3. The molecule has 0 saturated heterocycles. The molecule has 1 aromatic carbocycles. The lowest BCUT2D eigenvalue weighted by Gasteiger charge is -2.22. The summed E-state index contributed by atoms with van der Waals surface area (Å²) in [5.41, 5.74) is 0.170. The van der Waals surface area contributed by atoms with E-state index in [-0.39, 0.29) is 17.3 Å². The van der Waals surface area contributed by atoms with Gasteiger partial charge in [0.15, 0.2) is 6.61 Å². The van der Waals surface area contributed by atoms with Crippen LogP contribution in [0.4, 0.5) is 18.9 Å². The normalized spacial score (nSPS) is 15.2. The average Bonchev–Trinajstić information content (AvgIpc) is 2.66. The van der Waals surface area contributed by atoms with Gasteiger partial charge in [-0.3, -0.25) is 9.59 Å². The fourth-order valence-corrected chi connectivity index (χ4v) is 2.81. The Kier molecular flexibility index (Phi) is 7.60. The maximum absolute atomic E-state index is 12.2. The van der Waals surface area contributed by atoms with E-state index in [1.54, 1.807) is 6.07 Å². The van der Waals surface area contributed by atoms with Gasteiger partial charge in [-0.25, -0.2) is 4.79 Å². The molecule has 0 aromatic heterocycles. The molecule has 28 heavy (non-hydrogen) atoms. The summed E-state index contributed by atoms with van der Waals surface area (Å²) >= 11 is 0. The molecule has 0 spiro atoms. The van der Waals surface area contributed by atoms with Crippen molar-refractivity contribution in [2.75, 3.05) is 11.9 Å². The van der Waals surface area contributed by atoms with Crippen LogP contribution in [-0.2, 0) is 14.3 Å². The highest BCUT2D eigenvalue weighted by Gasteiger charge is 2.36. The van der Waals surface area contributed by atoms with Crippen molar-refractivity contribution in [1.29, 1.82) is 0 Å². The number of carbonyl (C=O) groups excluding carboxylic acids is 3. The molecule has 2 N–H and O–H groups in total. The maximum atomic E-state index is 12.2. The van der Waals surface area contributed by atoms with Crippen LogP contribution < -0.4 is 10.6 Å². The first kappa shape index (κ1) is 21.5. The molecular formula is C19H21F3N2O4. The van der Waals surface area contributed by atoms with Crippen LogP contribution in [0.2, 0.25) is 0 Å². The molecule has 1 aliphatic carbocycles. The van der Waals surface area contributed by atoms with Crippen molar-refractivity contribution >= 4 is 23.3 Å². The minimum Gasteiger partial charge on any atom is -0.452 e. The molecule has 1 aliphatic rings. The van der Waals surface area contributed by atoms with E-state index in [1.165, 1.54) is 18.2 Å². The lowest BCUT2D eigenvalue weighted by atomic mass is 9.95. The Bertz CT molecular complexity index is 741. The van der Waals surface area contributed by atoms with E-state index in [0.29, 0.717) is 6.08 Å². The highest BCUT2D eigenvalue weighted by molar-refractivity contribution is 5.97. The summed E-state index contributed by atoms with van der Waals surface area (Å²) < 4.78 is 41.5. The summed E-state index contributed by atoms with van der Waals surface area (Å²) in [6.45, 7) is -0.452. The van der Waals surface area contributed by atoms with E-state index >= 15 is 0 Å². The van der Waals surface area contributed by atoms with E-state index in [1.807, 2.05) is 0 Å². The van der Waals surface area contributed by atoms with Crippen molar-refractivity contribution in [3.05, 3.63) is 42.1 Å². The number of ether oxygens (including phenoxy) is 1. The number of nitrogens with one attached hydrogen (secondary N) is 2. The van der Waals surface area contributed by atoms with Gasteiger partial charge in [-0.1, -0.05) is 31.4 Å². The minimum absolute atomic E-state index is 0.0251. The zero-order chi connectivity index (χ0) is 20.6. The van der Waals surface area contributed by atoms with Crippen molar-refractivity contribution in [1.82, 2.24) is 5.32 Å². The smallest absolute Gasteiger partial charge is 0.452 e. The van der Waals surface area contributed by atoms with Gasteiger partial charge in [0.1, 0.15) is 0 Å². The van der Waals surface area contributed by atoms with Crippen LogP contribution in [0.5, 0.6) is 0 Å². The predicted molar refractivity (Wildman–Crippen MR) is 95.6 cm³/mol. The Morgan fingerprint density at radius 2 is 1.79 bits per heavy atom. The van der Waals surface area contributed by atoms with E-state index < -0.39 is 30.4 Å². The number of amides is 1. The molecule has 9 heteroatoms. The molecule has 1 saturated carbocycles. The second-order valence-electron chi connectivity index (χ2n) is 6.36. The Hall–Kier alpha value is -2.84. The molecule has 6 nitrogen and oxygen atoms in total. The van der Waals surface area contributed by atoms with Gasteiger partial charge in [0.2, 0.25) is 0 Å². The Morgan fingerprint density at radius 3 is 2.46 bits per heavy atom. The summed E-state index contributed by atoms with van der Waals surface area (Å²) in [7, 11) is 0. The first-order valence-electron chi connectivity index (χ1n) is 8.87. The molecule has 152 valence electrons. The van der Waals surface area contributed by atoms with Crippen LogP contribution in [0.3, 0.4) is 0 Å². The quantitative estimate of drug-likeness (QED) is 0.544. The number of esters is 1. The van der Waals surface area contributed by atoms with Gasteiger partial charge in [0.25, 0.3) is 11.7 Å². The van der Waals surface area contributed by atoms with E-state index in [2.05, 4.69) is 10.6 Å². The third-order valence-electron chi connectivity index (χ3n) is 4.20. The van der Waals surface area contributed by atoms with Gasteiger partial charge in [0, 0.05) is 18.3 Å². The number of rotatable bonds is 7. The number of alkyl halides is 3. The van der Waals surface area contributed by atoms with Crippen LogP contribution in [0.15, 0.2) is 36.5 Å². The number of ketones is 1. The number of carbonyl (C=O) groups is 3. The van der Waals surface area contributed by atoms with E-state index in [4.69, 9.17) is 4.74 Å². The predicted octanol–water partition coefficient (Wildman–Crippen LogP) is 3.35. The molecular weight excluding hydrogens is 377 g/mol. The van der Waals surface area contributed by atoms with Gasteiger partial charge in [-0.15, -0.1) is 0 Å². The lowest BCUT2D eigenvalue weighted by molar-refractivity contribution is -0.165. The minimum atomic E-state index is -4.97. The van der Waals surface area contributed by atoms with Crippen molar-refractivity contribution < 1.29 is 32.3 Å². The summed E-state index contributed by atoms with van der Waals surface area (Å²) in [6, 6.07) is 6.00. The molecule has 0 heterocycles. The highest BCUT2D eigenvalue weighted by Crippen LogP contribution is 2.19. The Labute approximate surface area is 160 Å². The molecule has 1 fully saturated rings. The largest absolute Gasteiger partial charge is 0.454 e. The number of hydrogen-bond donors (Lipinski definition) is 2. The number of hydrogen-bond acceptors (Lipinski definition) is 5. The topological polar surface area (TPSA) is 84.5 Å². The highest BCUT2D eigenvalue weighted by atomic mass is 19.4. The molecule has 0 aliphatic heterocycles. The monoisotopic (exact) mass is 398 g/mol. The Balaban J connectivity index is 1.90. The van der Waals surface area contributed by atoms with Crippen molar-refractivity contribution in [3.63, 3.8) is 0 Å². The van der Waals surface area contributed by atoms with Crippen molar-refractivity contribution in [3.8, 4) is 0 Å². The average molecular weight is 398 g/mol. The summed E-state index contributed by atoms with van der Waals surface area (Å²) in [5, 5.41) is 5.26. The first-order chi connectivity index (χ1) is 13.3. The van der Waals surface area contributed by atoms with Crippen LogP contribution in [0.1, 0.15) is 42.5 Å². The fraction of sp³-hybridized carbons (Fsp3) is 0.421. The fourth-order valence-electron chi connectivity index (χ4n) is 2.81. The number of benzene rings is 1. The van der Waals surface area contributed by atoms with Gasteiger partial charge in [-0.2, -0.15) is 13.2 Å². The molecule has 0 unspecified atom stereocenters. The van der Waals surface area contributed by atoms with Crippen molar-refractivity contribution in [2.24, 2.45) is 0 Å². The standard InChI is InChI=1S/C19H21F3N2O4/c20-19(21,22)16(25)10-11-23-15-9-5-4-8-14(15)18(27)28-12-17(26)24-13-6-2-1-3-7-13/h4-5,8-11,13,23H,1-3,6-7,12H2,(H,24,26)/b11-10+. The van der Waals surface area contributed by atoms with Crippen molar-refractivity contribution in [2.45, 2.75) is 44.3 Å². The lowest BCUT2D eigenvalue weighted by Crippen LogP contribution is -2.38. The van der Waals surface area contributed by atoms with Gasteiger partial charge in [-0.05, 0) is 25.0 Å². The van der Waals surface area contributed by atoms with E-state index in [9.17, 15) is 27.6 Å². The first-order valence-corrected chi connectivity index (χ1v) is 8.87. The Morgan fingerprint density at radius 1 is 1.11 bits per heavy atom. The zero-order valence-corrected chi connectivity index (χ0v) is 15.1. The third-order valence-corrected chi connectivity index (χ3v) is 4.20. The number of para-hydroxylation sites is 1. The summed E-state index contributed by atoms with van der Waals surface area (Å²) in [4.78, 5) is 34.9. The molecule has 1 aromatic rings. The number of allylic oxidation sites excluding steroid dienone is 1. The number of anilines is 1. The second kappa shape index (κ2) is 9.91. The molecule has 0 bridgehead atoms. The molecule has 0 radical (unpaired) electrons. The maximum Gasteiger partial charge on any atom is 0.454 e. The van der Waals surface area contributed by atoms with Crippen LogP contribution >= 0.6 is 0 Å². The van der Waals surface area contributed by atoms with Crippen LogP contribution in [0, 0.1) is 0 Å². The van der Waals surface area contributed by atoms with E-state index in [0.717, 1.165) is 38.3 Å². The van der Waals surface area contributed by atoms with Gasteiger partial charge in [0.05, 0.1) is 11.3 Å². The molecule has 0 atom stereocenters. The van der Waals surface area contributed by atoms with Gasteiger partial charge < -0.3 is 15.4 Å². The molecule has 2 rings (SSSR count). The second-order valence-corrected chi connectivity index (χ2v) is 6.36. The molecule has 1 amide bonds. The van der Waals surface area contributed by atoms with Gasteiger partial charge >= 0.3 is 12.1 Å². The third kappa shape index (κ3) is 6.71. The summed E-state index contributed by atoms with van der Waals surface area (Å²) in [6.07, 6.45) is 1.18. The zero-order valence-electron chi connectivity index (χ0n) is 15.1. The van der Waals surface area contributed by atoms with Crippen LogP contribution in [-0.4, -0.2) is 36.5 Å². The summed E-state index contributed by atoms with van der Waals surface area (Å²) in [5.74, 6) is -3.24. The SMILES string of the molecule is O=C(COC(=O)c1ccccc1N/C=C/C(=O)C(F)(F)F)NC1CCCCC1.